The zero-order valence-electron chi connectivity index (χ0n) is 12.9. The van der Waals surface area contributed by atoms with Crippen molar-refractivity contribution in [1.29, 1.82) is 0 Å². The van der Waals surface area contributed by atoms with Crippen LogP contribution in [0, 0.1) is 6.92 Å². The molecule has 2 heterocycles. The monoisotopic (exact) mass is 289 g/mol. The first-order valence-electron chi connectivity index (χ1n) is 7.22. The molecule has 1 amide bonds. The van der Waals surface area contributed by atoms with E-state index in [4.69, 9.17) is 11.5 Å². The van der Waals surface area contributed by atoms with Crippen molar-refractivity contribution in [3.05, 3.63) is 29.5 Å². The van der Waals surface area contributed by atoms with Crippen LogP contribution in [0.15, 0.2) is 12.4 Å². The summed E-state index contributed by atoms with van der Waals surface area (Å²) in [7, 11) is 0. The van der Waals surface area contributed by atoms with Crippen LogP contribution in [0.25, 0.3) is 5.65 Å². The predicted octanol–water partition coefficient (Wildman–Crippen LogP) is 1.08. The number of unbranched alkanes of at least 4 members (excludes halogenated alkanes) is 1. The fourth-order valence-electron chi connectivity index (χ4n) is 2.23. The van der Waals surface area contributed by atoms with Gasteiger partial charge in [0.05, 0.1) is 22.5 Å². The summed E-state index contributed by atoms with van der Waals surface area (Å²) >= 11 is 0. The highest BCUT2D eigenvalue weighted by Gasteiger charge is 2.30. The van der Waals surface area contributed by atoms with Gasteiger partial charge in [-0.15, -0.1) is 0 Å². The SMILES string of the molecule is Cc1cn2cc(C(C)(C)C(N)=O)nc2c(CCCCN)n1. The molecule has 2 rings (SSSR count). The summed E-state index contributed by atoms with van der Waals surface area (Å²) in [6, 6.07) is 0. The van der Waals surface area contributed by atoms with Gasteiger partial charge in [0.2, 0.25) is 5.91 Å². The van der Waals surface area contributed by atoms with Crippen LogP contribution in [0.4, 0.5) is 0 Å². The summed E-state index contributed by atoms with van der Waals surface area (Å²) < 4.78 is 1.93. The Balaban J connectivity index is 2.46. The van der Waals surface area contributed by atoms with Crippen molar-refractivity contribution in [3.63, 3.8) is 0 Å². The van der Waals surface area contributed by atoms with Crippen LogP contribution in [-0.2, 0) is 16.6 Å². The number of nitrogens with two attached hydrogens (primary N) is 2. The number of fused-ring (bicyclic) bond motifs is 1. The first-order chi connectivity index (χ1) is 9.86. The molecule has 114 valence electrons. The molecule has 6 heteroatoms. The second kappa shape index (κ2) is 5.81. The normalized spacial score (nSPS) is 12.0. The Hall–Kier alpha value is -1.95. The maximum atomic E-state index is 11.6. The third-order valence-electron chi connectivity index (χ3n) is 3.75. The topological polar surface area (TPSA) is 99.3 Å². The summed E-state index contributed by atoms with van der Waals surface area (Å²) in [5.41, 5.74) is 13.5. The fraction of sp³-hybridized carbons (Fsp3) is 0.533. The number of nitrogens with zero attached hydrogens (tertiary/aromatic N) is 3. The summed E-state index contributed by atoms with van der Waals surface area (Å²) in [6.45, 7) is 6.19. The lowest BCUT2D eigenvalue weighted by molar-refractivity contribution is -0.122. The van der Waals surface area contributed by atoms with Crippen LogP contribution >= 0.6 is 0 Å². The number of primary amides is 1. The molecule has 0 bridgehead atoms. The first kappa shape index (κ1) is 15.4. The van der Waals surface area contributed by atoms with Gasteiger partial charge in [0.15, 0.2) is 5.65 Å². The lowest BCUT2D eigenvalue weighted by Crippen LogP contribution is -2.35. The van der Waals surface area contributed by atoms with Gasteiger partial charge < -0.3 is 15.9 Å². The first-order valence-corrected chi connectivity index (χ1v) is 7.22. The molecule has 0 aliphatic heterocycles. The van der Waals surface area contributed by atoms with E-state index in [0.29, 0.717) is 12.2 Å². The molecule has 0 aliphatic carbocycles. The summed E-state index contributed by atoms with van der Waals surface area (Å²) in [5, 5.41) is 0. The van der Waals surface area contributed by atoms with Crippen molar-refractivity contribution >= 4 is 11.6 Å². The number of aryl methyl sites for hydroxylation is 2. The van der Waals surface area contributed by atoms with Gasteiger partial charge in [-0.1, -0.05) is 0 Å². The zero-order chi connectivity index (χ0) is 15.6. The van der Waals surface area contributed by atoms with Crippen molar-refractivity contribution in [2.75, 3.05) is 6.54 Å². The van der Waals surface area contributed by atoms with Crippen LogP contribution in [0.1, 0.15) is 43.8 Å². The zero-order valence-corrected chi connectivity index (χ0v) is 12.9. The Kier molecular flexibility index (Phi) is 4.27. The molecule has 0 atom stereocenters. The third-order valence-corrected chi connectivity index (χ3v) is 3.75. The predicted molar refractivity (Wildman–Crippen MR) is 81.9 cm³/mol. The number of aromatic nitrogens is 3. The van der Waals surface area contributed by atoms with Crippen molar-refractivity contribution in [3.8, 4) is 0 Å². The van der Waals surface area contributed by atoms with E-state index in [-0.39, 0.29) is 5.91 Å². The number of carbonyl (C=O) groups is 1. The van der Waals surface area contributed by atoms with Crippen LogP contribution in [0.5, 0.6) is 0 Å². The van der Waals surface area contributed by atoms with Gasteiger partial charge in [-0.05, 0) is 46.6 Å². The molecule has 2 aromatic rings. The second-order valence-electron chi connectivity index (χ2n) is 5.92. The van der Waals surface area contributed by atoms with Crippen LogP contribution in [-0.4, -0.2) is 26.8 Å². The molecule has 0 fully saturated rings. The number of rotatable bonds is 6. The minimum absolute atomic E-state index is 0.389. The highest BCUT2D eigenvalue weighted by Crippen LogP contribution is 2.23. The number of hydrogen-bond donors (Lipinski definition) is 2. The maximum Gasteiger partial charge on any atom is 0.229 e. The quantitative estimate of drug-likeness (QED) is 0.777. The van der Waals surface area contributed by atoms with Gasteiger partial charge in [0.1, 0.15) is 0 Å². The summed E-state index contributed by atoms with van der Waals surface area (Å²) in [6.07, 6.45) is 6.54. The van der Waals surface area contributed by atoms with Gasteiger partial charge in [-0.25, -0.2) is 4.98 Å². The number of carbonyl (C=O) groups excluding carboxylic acids is 1. The van der Waals surface area contributed by atoms with Crippen molar-refractivity contribution in [1.82, 2.24) is 14.4 Å². The van der Waals surface area contributed by atoms with Crippen LogP contribution in [0.3, 0.4) is 0 Å². The molecule has 0 aromatic carbocycles. The smallest absolute Gasteiger partial charge is 0.229 e. The Morgan fingerprint density at radius 1 is 1.29 bits per heavy atom. The molecule has 0 radical (unpaired) electrons. The Bertz CT molecular complexity index is 659. The molecule has 0 unspecified atom stereocenters. The van der Waals surface area contributed by atoms with E-state index in [1.165, 1.54) is 0 Å². The van der Waals surface area contributed by atoms with Crippen molar-refractivity contribution < 1.29 is 4.79 Å². The molecule has 6 nitrogen and oxygen atoms in total. The second-order valence-corrected chi connectivity index (χ2v) is 5.92. The fourth-order valence-corrected chi connectivity index (χ4v) is 2.23. The van der Waals surface area contributed by atoms with Gasteiger partial charge in [0.25, 0.3) is 0 Å². The molecule has 4 N–H and O–H groups in total. The number of imidazole rings is 1. The maximum absolute atomic E-state index is 11.6. The molecule has 2 aromatic heterocycles. The number of hydrogen-bond acceptors (Lipinski definition) is 4. The average Bonchev–Trinajstić information content (AvgIpc) is 2.83. The largest absolute Gasteiger partial charge is 0.369 e. The van der Waals surface area contributed by atoms with Gasteiger partial charge in [-0.2, -0.15) is 0 Å². The van der Waals surface area contributed by atoms with E-state index in [2.05, 4.69) is 9.97 Å². The molecule has 0 saturated heterocycles. The van der Waals surface area contributed by atoms with Crippen LogP contribution in [0.2, 0.25) is 0 Å². The highest BCUT2D eigenvalue weighted by atomic mass is 16.1. The van der Waals surface area contributed by atoms with Gasteiger partial charge >= 0.3 is 0 Å². The summed E-state index contributed by atoms with van der Waals surface area (Å²) in [4.78, 5) is 20.8. The lowest BCUT2D eigenvalue weighted by Gasteiger charge is -2.16. The Labute approximate surface area is 124 Å². The molecule has 0 spiro atoms. The standard InChI is InChI=1S/C15H23N5O/c1-10-8-20-9-12(15(2,3)14(17)21)19-13(20)11(18-10)6-4-5-7-16/h8-9H,4-7,16H2,1-3H3,(H2,17,21). The van der Waals surface area contributed by atoms with Crippen molar-refractivity contribution in [2.45, 2.75) is 45.4 Å². The van der Waals surface area contributed by atoms with Crippen molar-refractivity contribution in [2.24, 2.45) is 11.5 Å². The van der Waals surface area contributed by atoms with E-state index in [0.717, 1.165) is 36.3 Å². The molecule has 21 heavy (non-hydrogen) atoms. The van der Waals surface area contributed by atoms with Gasteiger partial charge in [-0.3, -0.25) is 9.78 Å². The van der Waals surface area contributed by atoms with E-state index < -0.39 is 5.41 Å². The molecular weight excluding hydrogens is 266 g/mol. The lowest BCUT2D eigenvalue weighted by atomic mass is 9.89. The highest BCUT2D eigenvalue weighted by molar-refractivity contribution is 5.85. The molecular formula is C15H23N5O. The molecule has 0 saturated carbocycles. The molecule has 0 aliphatic rings. The van der Waals surface area contributed by atoms with E-state index in [9.17, 15) is 4.79 Å². The minimum atomic E-state index is -0.797. The van der Waals surface area contributed by atoms with E-state index in [1.54, 1.807) is 13.8 Å². The summed E-state index contributed by atoms with van der Waals surface area (Å²) in [5.74, 6) is -0.389. The number of amides is 1. The van der Waals surface area contributed by atoms with Crippen LogP contribution < -0.4 is 11.5 Å². The Morgan fingerprint density at radius 2 is 2.00 bits per heavy atom. The van der Waals surface area contributed by atoms with E-state index >= 15 is 0 Å². The minimum Gasteiger partial charge on any atom is -0.369 e. The average molecular weight is 289 g/mol. The Morgan fingerprint density at radius 3 is 2.62 bits per heavy atom. The third kappa shape index (κ3) is 3.05. The van der Waals surface area contributed by atoms with Gasteiger partial charge in [0, 0.05) is 12.4 Å². The van der Waals surface area contributed by atoms with E-state index in [1.807, 2.05) is 23.7 Å².